The Morgan fingerprint density at radius 1 is 1.28 bits per heavy atom. The molecule has 0 aliphatic rings. The first kappa shape index (κ1) is 14.0. The molecule has 1 unspecified atom stereocenters. The maximum Gasteiger partial charge on any atom is 0.331 e. The first-order valence-electron chi connectivity index (χ1n) is 5.80. The fraction of sp³-hybridized carbons (Fsp3) is 0.286. The minimum atomic E-state index is -1.17. The quantitative estimate of drug-likeness (QED) is 0.621. The van der Waals surface area contributed by atoms with Crippen molar-refractivity contribution in [2.24, 2.45) is 0 Å². The van der Waals surface area contributed by atoms with Gasteiger partial charge in [0.2, 0.25) is 0 Å². The maximum absolute atomic E-state index is 11.4. The Morgan fingerprint density at radius 3 is 2.50 bits per heavy atom. The van der Waals surface area contributed by atoms with Gasteiger partial charge in [-0.05, 0) is 12.0 Å². The summed E-state index contributed by atoms with van der Waals surface area (Å²) < 4.78 is 5.24. The average molecular weight is 248 g/mol. The number of hydrogen-bond acceptors (Lipinski definition) is 3. The highest BCUT2D eigenvalue weighted by Gasteiger charge is 2.14. The molecule has 96 valence electrons. The zero-order valence-corrected chi connectivity index (χ0v) is 10.2. The number of hydrogen-bond donors (Lipinski definition) is 1. The molecule has 1 aromatic carbocycles. The number of carboxylic acids is 1. The third-order valence-electron chi connectivity index (χ3n) is 2.34. The molecule has 1 N–H and O–H groups in total. The van der Waals surface area contributed by atoms with Crippen LogP contribution in [0, 0.1) is 0 Å². The van der Waals surface area contributed by atoms with E-state index < -0.39 is 11.9 Å². The molecule has 4 heteroatoms. The van der Waals surface area contributed by atoms with E-state index >= 15 is 0 Å². The average Bonchev–Trinajstić information content (AvgIpc) is 2.37. The van der Waals surface area contributed by atoms with Crippen LogP contribution in [0.3, 0.4) is 0 Å². The number of aliphatic carboxylic acids is 1. The monoisotopic (exact) mass is 248 g/mol. The van der Waals surface area contributed by atoms with E-state index in [4.69, 9.17) is 9.84 Å². The number of rotatable bonds is 6. The minimum Gasteiger partial charge on any atom is -0.478 e. The smallest absolute Gasteiger partial charge is 0.331 e. The van der Waals surface area contributed by atoms with E-state index in [1.54, 1.807) is 0 Å². The molecule has 0 saturated carbocycles. The van der Waals surface area contributed by atoms with Crippen LogP contribution < -0.4 is 0 Å². The van der Waals surface area contributed by atoms with Crippen LogP contribution in [0.15, 0.2) is 42.5 Å². The molecule has 0 aliphatic carbocycles. The lowest BCUT2D eigenvalue weighted by molar-refractivity contribution is -0.144. The number of carbonyl (C=O) groups excluding carboxylic acids is 1. The van der Waals surface area contributed by atoms with Crippen molar-refractivity contribution in [3.8, 4) is 0 Å². The van der Waals surface area contributed by atoms with Gasteiger partial charge in [0.1, 0.15) is 6.10 Å². The first-order valence-corrected chi connectivity index (χ1v) is 5.80. The molecular formula is C14H16O4. The van der Waals surface area contributed by atoms with Gasteiger partial charge in [0.15, 0.2) is 0 Å². The summed E-state index contributed by atoms with van der Waals surface area (Å²) >= 11 is 0. The Morgan fingerprint density at radius 2 is 1.94 bits per heavy atom. The van der Waals surface area contributed by atoms with Gasteiger partial charge in [-0.3, -0.25) is 0 Å². The Bertz CT molecular complexity index is 423. The van der Waals surface area contributed by atoms with Gasteiger partial charge in [0.25, 0.3) is 0 Å². The summed E-state index contributed by atoms with van der Waals surface area (Å²) in [4.78, 5) is 21.7. The standard InChI is InChI=1S/C14H16O4/c1-2-6-12(11-7-4-3-5-8-11)18-14(17)10-9-13(15)16/h3-5,7-10,12H,2,6H2,1H3,(H,15,16)/b10-9-. The molecule has 0 spiro atoms. The van der Waals surface area contributed by atoms with Crippen LogP contribution >= 0.6 is 0 Å². The highest BCUT2D eigenvalue weighted by atomic mass is 16.5. The second-order valence-corrected chi connectivity index (χ2v) is 3.80. The van der Waals surface area contributed by atoms with E-state index in [1.165, 1.54) is 0 Å². The molecule has 0 amide bonds. The summed E-state index contributed by atoms with van der Waals surface area (Å²) in [5.74, 6) is -1.81. The van der Waals surface area contributed by atoms with E-state index in [9.17, 15) is 9.59 Å². The molecule has 4 nitrogen and oxygen atoms in total. The summed E-state index contributed by atoms with van der Waals surface area (Å²) in [6.07, 6.45) is 2.94. The molecule has 0 fully saturated rings. The minimum absolute atomic E-state index is 0.331. The van der Waals surface area contributed by atoms with Gasteiger partial charge < -0.3 is 9.84 Å². The largest absolute Gasteiger partial charge is 0.478 e. The van der Waals surface area contributed by atoms with E-state index in [0.29, 0.717) is 6.42 Å². The van der Waals surface area contributed by atoms with Crippen molar-refractivity contribution in [2.45, 2.75) is 25.9 Å². The SMILES string of the molecule is CCCC(OC(=O)/C=C\C(=O)O)c1ccccc1. The molecule has 1 aromatic rings. The molecule has 1 atom stereocenters. The molecule has 1 rings (SSSR count). The van der Waals surface area contributed by atoms with Crippen molar-refractivity contribution in [1.29, 1.82) is 0 Å². The normalized spacial score (nSPS) is 12.3. The van der Waals surface area contributed by atoms with E-state index in [-0.39, 0.29) is 6.10 Å². The molecule has 18 heavy (non-hydrogen) atoms. The second kappa shape index (κ2) is 7.27. The Labute approximate surface area is 106 Å². The molecule has 0 saturated heterocycles. The maximum atomic E-state index is 11.4. The van der Waals surface area contributed by atoms with Gasteiger partial charge in [-0.2, -0.15) is 0 Å². The number of carboxylic acid groups (broad SMARTS) is 1. The van der Waals surface area contributed by atoms with E-state index in [0.717, 1.165) is 24.1 Å². The number of benzene rings is 1. The summed E-state index contributed by atoms with van der Waals surface area (Å²) in [6.45, 7) is 2.00. The molecule has 0 bridgehead atoms. The predicted octanol–water partition coefficient (Wildman–Crippen LogP) is 2.71. The van der Waals surface area contributed by atoms with Crippen LogP contribution in [-0.2, 0) is 14.3 Å². The number of esters is 1. The molecular weight excluding hydrogens is 232 g/mol. The lowest BCUT2D eigenvalue weighted by Crippen LogP contribution is -2.09. The zero-order valence-electron chi connectivity index (χ0n) is 10.2. The topological polar surface area (TPSA) is 63.6 Å². The van der Waals surface area contributed by atoms with Crippen LogP contribution in [0.2, 0.25) is 0 Å². The van der Waals surface area contributed by atoms with Gasteiger partial charge in [-0.15, -0.1) is 0 Å². The van der Waals surface area contributed by atoms with Crippen molar-refractivity contribution in [1.82, 2.24) is 0 Å². The lowest BCUT2D eigenvalue weighted by Gasteiger charge is -2.16. The third-order valence-corrected chi connectivity index (χ3v) is 2.34. The Kier molecular flexibility index (Phi) is 5.64. The van der Waals surface area contributed by atoms with Gasteiger partial charge in [-0.1, -0.05) is 43.7 Å². The zero-order chi connectivity index (χ0) is 13.4. The third kappa shape index (κ3) is 4.82. The van der Waals surface area contributed by atoms with Crippen LogP contribution in [0.4, 0.5) is 0 Å². The molecule has 0 aliphatic heterocycles. The van der Waals surface area contributed by atoms with Crippen molar-refractivity contribution >= 4 is 11.9 Å². The van der Waals surface area contributed by atoms with E-state index in [1.807, 2.05) is 37.3 Å². The Balaban J connectivity index is 2.69. The van der Waals surface area contributed by atoms with Crippen molar-refractivity contribution in [2.75, 3.05) is 0 Å². The van der Waals surface area contributed by atoms with Crippen LogP contribution in [0.1, 0.15) is 31.4 Å². The highest BCUT2D eigenvalue weighted by Crippen LogP contribution is 2.22. The van der Waals surface area contributed by atoms with Gasteiger partial charge >= 0.3 is 11.9 Å². The van der Waals surface area contributed by atoms with Crippen LogP contribution in [0.5, 0.6) is 0 Å². The number of ether oxygens (including phenoxy) is 1. The Hall–Kier alpha value is -2.10. The predicted molar refractivity (Wildman–Crippen MR) is 67.0 cm³/mol. The summed E-state index contributed by atoms with van der Waals surface area (Å²) in [5, 5.41) is 8.42. The van der Waals surface area contributed by atoms with Gasteiger partial charge in [0.05, 0.1) is 0 Å². The summed E-state index contributed by atoms with van der Waals surface area (Å²) in [5.41, 5.74) is 0.913. The van der Waals surface area contributed by atoms with Crippen molar-refractivity contribution in [3.05, 3.63) is 48.0 Å². The first-order chi connectivity index (χ1) is 8.63. The summed E-state index contributed by atoms with van der Waals surface area (Å²) in [6, 6.07) is 9.40. The number of carbonyl (C=O) groups is 2. The molecule has 0 heterocycles. The second-order valence-electron chi connectivity index (χ2n) is 3.80. The lowest BCUT2D eigenvalue weighted by atomic mass is 10.1. The van der Waals surface area contributed by atoms with Gasteiger partial charge in [-0.25, -0.2) is 9.59 Å². The fourth-order valence-corrected chi connectivity index (χ4v) is 1.54. The van der Waals surface area contributed by atoms with Crippen LogP contribution in [0.25, 0.3) is 0 Å². The van der Waals surface area contributed by atoms with Gasteiger partial charge in [0, 0.05) is 12.2 Å². The highest BCUT2D eigenvalue weighted by molar-refractivity contribution is 5.90. The molecule has 0 radical (unpaired) electrons. The van der Waals surface area contributed by atoms with Crippen molar-refractivity contribution in [3.63, 3.8) is 0 Å². The van der Waals surface area contributed by atoms with Crippen molar-refractivity contribution < 1.29 is 19.4 Å². The summed E-state index contributed by atoms with van der Waals surface area (Å²) in [7, 11) is 0. The van der Waals surface area contributed by atoms with E-state index in [2.05, 4.69) is 0 Å². The van der Waals surface area contributed by atoms with Crippen LogP contribution in [-0.4, -0.2) is 17.0 Å². The fourth-order valence-electron chi connectivity index (χ4n) is 1.54. The molecule has 0 aromatic heterocycles.